The largest absolute Gasteiger partial charge is 0.326 e. The van der Waals surface area contributed by atoms with Gasteiger partial charge in [-0.15, -0.1) is 5.10 Å². The molecule has 3 aromatic rings. The lowest BCUT2D eigenvalue weighted by molar-refractivity contribution is 0.0486. The molecule has 0 N–H and O–H groups in total. The lowest BCUT2D eigenvalue weighted by Crippen LogP contribution is -2.49. The Morgan fingerprint density at radius 1 is 1.12 bits per heavy atom. The van der Waals surface area contributed by atoms with Crippen molar-refractivity contribution in [2.24, 2.45) is 0 Å². The third-order valence-corrected chi connectivity index (χ3v) is 4.84. The molecule has 3 heterocycles. The summed E-state index contributed by atoms with van der Waals surface area (Å²) in [6, 6.07) is 12.1. The Kier molecular flexibility index (Phi) is 4.16. The number of aryl methyl sites for hydroxylation is 2. The van der Waals surface area contributed by atoms with Gasteiger partial charge in [-0.05, 0) is 32.5 Å². The van der Waals surface area contributed by atoms with Crippen LogP contribution in [0, 0.1) is 13.8 Å². The molecule has 0 saturated carbocycles. The smallest absolute Gasteiger partial charge is 0.294 e. The molecule has 7 heteroatoms. The first kappa shape index (κ1) is 16.7. The monoisotopic (exact) mass is 350 g/mol. The average Bonchev–Trinajstić information content (AvgIpc) is 3.06. The third-order valence-electron chi connectivity index (χ3n) is 4.84. The van der Waals surface area contributed by atoms with Crippen LogP contribution >= 0.6 is 0 Å². The minimum Gasteiger partial charge on any atom is -0.326 e. The van der Waals surface area contributed by atoms with E-state index < -0.39 is 0 Å². The van der Waals surface area contributed by atoms with E-state index >= 15 is 0 Å². The van der Waals surface area contributed by atoms with E-state index in [9.17, 15) is 4.79 Å². The van der Waals surface area contributed by atoms with Crippen LogP contribution in [0.4, 0.5) is 0 Å². The zero-order valence-corrected chi connectivity index (χ0v) is 15.3. The van der Waals surface area contributed by atoms with Crippen molar-refractivity contribution in [3.63, 3.8) is 0 Å². The van der Waals surface area contributed by atoms with Gasteiger partial charge < -0.3 is 9.80 Å². The van der Waals surface area contributed by atoms with E-state index in [1.54, 1.807) is 4.52 Å². The molecule has 7 nitrogen and oxygen atoms in total. The molecule has 4 rings (SSSR count). The first-order valence-electron chi connectivity index (χ1n) is 8.78. The Morgan fingerprint density at radius 2 is 1.88 bits per heavy atom. The van der Waals surface area contributed by atoms with Crippen molar-refractivity contribution in [1.82, 2.24) is 29.4 Å². The number of amides is 1. The molecule has 1 aromatic carbocycles. The number of hydrogen-bond acceptors (Lipinski definition) is 5. The molecule has 0 aliphatic carbocycles. The van der Waals surface area contributed by atoms with Gasteiger partial charge in [-0.2, -0.15) is 4.98 Å². The lowest BCUT2D eigenvalue weighted by atomic mass is 10.0. The predicted octanol–water partition coefficient (Wildman–Crippen LogP) is 1.87. The van der Waals surface area contributed by atoms with Gasteiger partial charge in [0.1, 0.15) is 0 Å². The predicted molar refractivity (Wildman–Crippen MR) is 98.0 cm³/mol. The summed E-state index contributed by atoms with van der Waals surface area (Å²) < 4.78 is 1.63. The number of likely N-dealkylation sites (N-methyl/N-ethyl adjacent to an activating group) is 1. The van der Waals surface area contributed by atoms with Crippen LogP contribution in [0.3, 0.4) is 0 Å². The van der Waals surface area contributed by atoms with Crippen molar-refractivity contribution in [3.05, 3.63) is 59.2 Å². The molecule has 1 saturated heterocycles. The Hall–Kier alpha value is -2.80. The van der Waals surface area contributed by atoms with E-state index in [-0.39, 0.29) is 17.8 Å². The van der Waals surface area contributed by atoms with E-state index in [4.69, 9.17) is 0 Å². The number of carbonyl (C=O) groups is 1. The molecule has 0 spiro atoms. The van der Waals surface area contributed by atoms with Gasteiger partial charge >= 0.3 is 0 Å². The molecule has 0 unspecified atom stereocenters. The fourth-order valence-corrected chi connectivity index (χ4v) is 3.51. The molecular weight excluding hydrogens is 328 g/mol. The second-order valence-corrected chi connectivity index (χ2v) is 6.87. The van der Waals surface area contributed by atoms with E-state index in [1.165, 1.54) is 0 Å². The lowest BCUT2D eigenvalue weighted by Gasteiger charge is -2.39. The topological polar surface area (TPSA) is 66.6 Å². The third kappa shape index (κ3) is 2.94. The standard InChI is InChI=1S/C19H22N6O/c1-13-11-14(2)25-19(20-13)21-17(22-25)18(26)24-10-9-23(3)12-16(24)15-7-5-4-6-8-15/h4-8,11,16H,9-10,12H2,1-3H3/t16-/m0/s1. The Labute approximate surface area is 152 Å². The second-order valence-electron chi connectivity index (χ2n) is 6.87. The van der Waals surface area contributed by atoms with Gasteiger partial charge in [0.15, 0.2) is 0 Å². The zero-order chi connectivity index (χ0) is 18.3. The number of fused-ring (bicyclic) bond motifs is 1. The molecule has 26 heavy (non-hydrogen) atoms. The maximum absolute atomic E-state index is 13.2. The van der Waals surface area contributed by atoms with Gasteiger partial charge in [-0.1, -0.05) is 30.3 Å². The number of rotatable bonds is 2. The van der Waals surface area contributed by atoms with Crippen LogP contribution in [0.5, 0.6) is 0 Å². The number of benzene rings is 1. The Bertz CT molecular complexity index is 951. The summed E-state index contributed by atoms with van der Waals surface area (Å²) in [4.78, 5) is 26.1. The summed E-state index contributed by atoms with van der Waals surface area (Å²) in [5, 5.41) is 4.41. The molecule has 134 valence electrons. The van der Waals surface area contributed by atoms with Gasteiger partial charge in [-0.3, -0.25) is 4.79 Å². The van der Waals surface area contributed by atoms with Crippen LogP contribution in [-0.2, 0) is 0 Å². The first-order chi connectivity index (χ1) is 12.5. The molecule has 1 fully saturated rings. The summed E-state index contributed by atoms with van der Waals surface area (Å²) in [6.07, 6.45) is 0. The van der Waals surface area contributed by atoms with Crippen LogP contribution in [-0.4, -0.2) is 62.0 Å². The number of piperazine rings is 1. The number of aromatic nitrogens is 4. The fourth-order valence-electron chi connectivity index (χ4n) is 3.51. The van der Waals surface area contributed by atoms with Gasteiger partial charge in [-0.25, -0.2) is 9.50 Å². The van der Waals surface area contributed by atoms with Gasteiger partial charge in [0.2, 0.25) is 5.82 Å². The summed E-state index contributed by atoms with van der Waals surface area (Å²) in [7, 11) is 2.08. The SMILES string of the molecule is Cc1cc(C)n2nc(C(=O)N3CCN(C)C[C@H]3c3ccccc3)nc2n1. The van der Waals surface area contributed by atoms with Gasteiger partial charge in [0.25, 0.3) is 11.7 Å². The minimum atomic E-state index is -0.144. The van der Waals surface area contributed by atoms with Crippen molar-refractivity contribution in [1.29, 1.82) is 0 Å². The number of hydrogen-bond donors (Lipinski definition) is 0. The molecule has 1 atom stereocenters. The fraction of sp³-hybridized carbons (Fsp3) is 0.368. The highest BCUT2D eigenvalue weighted by molar-refractivity contribution is 5.91. The van der Waals surface area contributed by atoms with Crippen LogP contribution in [0.1, 0.15) is 33.6 Å². The quantitative estimate of drug-likeness (QED) is 0.706. The molecule has 1 aliphatic rings. The van der Waals surface area contributed by atoms with Gasteiger partial charge in [0, 0.05) is 31.0 Å². The molecule has 0 bridgehead atoms. The Balaban J connectivity index is 1.70. The molecular formula is C19H22N6O. The van der Waals surface area contributed by atoms with Crippen molar-refractivity contribution < 1.29 is 4.79 Å². The Morgan fingerprint density at radius 3 is 2.65 bits per heavy atom. The van der Waals surface area contributed by atoms with Crippen LogP contribution < -0.4 is 0 Å². The van der Waals surface area contributed by atoms with Crippen molar-refractivity contribution in [2.45, 2.75) is 19.9 Å². The summed E-state index contributed by atoms with van der Waals surface area (Å²) in [5.74, 6) is 0.530. The van der Waals surface area contributed by atoms with E-state index in [0.29, 0.717) is 12.3 Å². The molecule has 0 radical (unpaired) electrons. The van der Waals surface area contributed by atoms with Gasteiger partial charge in [0.05, 0.1) is 6.04 Å². The summed E-state index contributed by atoms with van der Waals surface area (Å²) >= 11 is 0. The maximum atomic E-state index is 13.2. The highest BCUT2D eigenvalue weighted by Gasteiger charge is 2.32. The van der Waals surface area contributed by atoms with Crippen molar-refractivity contribution >= 4 is 11.7 Å². The van der Waals surface area contributed by atoms with E-state index in [1.807, 2.05) is 43.0 Å². The second kappa shape index (κ2) is 6.49. The van der Waals surface area contributed by atoms with E-state index in [2.05, 4.69) is 39.1 Å². The normalized spacial score (nSPS) is 18.4. The maximum Gasteiger partial charge on any atom is 0.294 e. The van der Waals surface area contributed by atoms with Crippen LogP contribution in [0.2, 0.25) is 0 Å². The highest BCUT2D eigenvalue weighted by Crippen LogP contribution is 2.26. The van der Waals surface area contributed by atoms with Crippen LogP contribution in [0.15, 0.2) is 36.4 Å². The summed E-state index contributed by atoms with van der Waals surface area (Å²) in [6.45, 7) is 6.12. The van der Waals surface area contributed by atoms with E-state index in [0.717, 1.165) is 30.0 Å². The average molecular weight is 350 g/mol. The summed E-state index contributed by atoms with van der Waals surface area (Å²) in [5.41, 5.74) is 2.90. The molecule has 2 aromatic heterocycles. The number of nitrogens with zero attached hydrogens (tertiary/aromatic N) is 6. The first-order valence-corrected chi connectivity index (χ1v) is 8.78. The molecule has 1 aliphatic heterocycles. The zero-order valence-electron chi connectivity index (χ0n) is 15.3. The van der Waals surface area contributed by atoms with Crippen molar-refractivity contribution in [2.75, 3.05) is 26.7 Å². The highest BCUT2D eigenvalue weighted by atomic mass is 16.2. The number of carbonyl (C=O) groups excluding carboxylic acids is 1. The van der Waals surface area contributed by atoms with Crippen molar-refractivity contribution in [3.8, 4) is 0 Å². The minimum absolute atomic E-state index is 0.00939. The van der Waals surface area contributed by atoms with Crippen LogP contribution in [0.25, 0.3) is 5.78 Å². The molecule has 1 amide bonds.